The number of carbonyl (C=O) groups is 1. The Morgan fingerprint density at radius 3 is 2.60 bits per heavy atom. The molecule has 0 aliphatic rings. The monoisotopic (exact) mass is 228 g/mol. The molecule has 0 unspecified atom stereocenters. The second kappa shape index (κ2) is 5.00. The lowest BCUT2D eigenvalue weighted by atomic mass is 10.3. The van der Waals surface area contributed by atoms with Crippen LogP contribution in [0.2, 0.25) is 5.02 Å². The van der Waals surface area contributed by atoms with Crippen molar-refractivity contribution in [3.05, 3.63) is 29.3 Å². The van der Waals surface area contributed by atoms with Gasteiger partial charge >= 0.3 is 6.03 Å². The summed E-state index contributed by atoms with van der Waals surface area (Å²) in [7, 11) is 0. The van der Waals surface area contributed by atoms with Gasteiger partial charge in [0.25, 0.3) is 0 Å². The van der Waals surface area contributed by atoms with Crippen LogP contribution >= 0.6 is 11.6 Å². The van der Waals surface area contributed by atoms with E-state index in [1.807, 2.05) is 0 Å². The molecular formula is C10H13ClN2O2. The van der Waals surface area contributed by atoms with Crippen molar-refractivity contribution in [3.8, 4) is 0 Å². The largest absolute Gasteiger partial charge is 0.345 e. The molecule has 0 aliphatic heterocycles. The third-order valence-corrected chi connectivity index (χ3v) is 2.14. The Morgan fingerprint density at radius 1 is 1.47 bits per heavy atom. The van der Waals surface area contributed by atoms with Crippen molar-refractivity contribution in [2.45, 2.75) is 19.9 Å². The maximum Gasteiger partial charge on any atom is 0.345 e. The molecule has 1 aromatic rings. The number of urea groups is 1. The predicted molar refractivity (Wildman–Crippen MR) is 59.2 cm³/mol. The van der Waals surface area contributed by atoms with Crippen LogP contribution in [0, 0.1) is 0 Å². The summed E-state index contributed by atoms with van der Waals surface area (Å²) in [6.45, 7) is 3.40. The van der Waals surface area contributed by atoms with Crippen LogP contribution in [0.1, 0.15) is 13.8 Å². The van der Waals surface area contributed by atoms with Gasteiger partial charge in [0.15, 0.2) is 0 Å². The minimum absolute atomic E-state index is 0.285. The normalized spacial score (nSPS) is 10.2. The van der Waals surface area contributed by atoms with Gasteiger partial charge in [-0.1, -0.05) is 23.7 Å². The summed E-state index contributed by atoms with van der Waals surface area (Å²) in [5.41, 5.74) is 0.476. The molecule has 0 saturated heterocycles. The second-order valence-corrected chi connectivity index (χ2v) is 3.76. The van der Waals surface area contributed by atoms with Crippen LogP contribution in [0.4, 0.5) is 10.5 Å². The fourth-order valence-corrected chi connectivity index (χ4v) is 1.15. The number of hydroxylamine groups is 2. The molecule has 0 fully saturated rings. The van der Waals surface area contributed by atoms with E-state index in [0.29, 0.717) is 15.8 Å². The van der Waals surface area contributed by atoms with Gasteiger partial charge in [0.05, 0.1) is 16.8 Å². The average molecular weight is 229 g/mol. The topological polar surface area (TPSA) is 52.6 Å². The number of rotatable bonds is 2. The zero-order chi connectivity index (χ0) is 11.4. The van der Waals surface area contributed by atoms with E-state index in [1.54, 1.807) is 38.1 Å². The number of hydrogen-bond donors (Lipinski definition) is 2. The molecule has 0 aromatic heterocycles. The van der Waals surface area contributed by atoms with Crippen LogP contribution in [0.15, 0.2) is 24.3 Å². The summed E-state index contributed by atoms with van der Waals surface area (Å²) in [6, 6.07) is 5.95. The number of amides is 2. The summed E-state index contributed by atoms with van der Waals surface area (Å²) in [5, 5.41) is 12.9. The number of halogens is 1. The van der Waals surface area contributed by atoms with Gasteiger partial charge in [-0.15, -0.1) is 0 Å². The van der Waals surface area contributed by atoms with Crippen molar-refractivity contribution >= 4 is 23.3 Å². The highest BCUT2D eigenvalue weighted by Gasteiger charge is 2.14. The molecule has 2 amide bonds. The summed E-state index contributed by atoms with van der Waals surface area (Å²) < 4.78 is 0. The van der Waals surface area contributed by atoms with Crippen molar-refractivity contribution in [2.24, 2.45) is 0 Å². The first kappa shape index (κ1) is 11.8. The van der Waals surface area contributed by atoms with Crippen molar-refractivity contribution in [2.75, 3.05) is 5.32 Å². The zero-order valence-electron chi connectivity index (χ0n) is 8.57. The smallest absolute Gasteiger partial charge is 0.305 e. The summed E-state index contributed by atoms with van der Waals surface area (Å²) >= 11 is 5.84. The van der Waals surface area contributed by atoms with Crippen molar-refractivity contribution in [1.82, 2.24) is 5.06 Å². The minimum Gasteiger partial charge on any atom is -0.305 e. The predicted octanol–water partition coefficient (Wildman–Crippen LogP) is 2.97. The zero-order valence-corrected chi connectivity index (χ0v) is 9.32. The van der Waals surface area contributed by atoms with Gasteiger partial charge in [-0.2, -0.15) is 0 Å². The standard InChI is InChI=1S/C10H13ClN2O2/c1-7(2)13(15)10(14)12-9-6-4-3-5-8(9)11/h3-7,15H,1-2H3,(H,12,14). The first-order valence-electron chi connectivity index (χ1n) is 4.56. The van der Waals surface area contributed by atoms with Gasteiger partial charge in [0.2, 0.25) is 0 Å². The molecule has 0 saturated carbocycles. The molecule has 0 aliphatic carbocycles. The Labute approximate surface area is 93.4 Å². The van der Waals surface area contributed by atoms with E-state index in [9.17, 15) is 10.0 Å². The maximum atomic E-state index is 11.4. The van der Waals surface area contributed by atoms with Crippen LogP contribution in [-0.2, 0) is 0 Å². The Hall–Kier alpha value is -1.26. The van der Waals surface area contributed by atoms with E-state index < -0.39 is 6.03 Å². The molecule has 2 N–H and O–H groups in total. The third-order valence-electron chi connectivity index (χ3n) is 1.81. The van der Waals surface area contributed by atoms with E-state index in [2.05, 4.69) is 5.32 Å². The van der Waals surface area contributed by atoms with Crippen LogP contribution in [-0.4, -0.2) is 22.3 Å². The summed E-state index contributed by atoms with van der Waals surface area (Å²) in [4.78, 5) is 11.4. The molecule has 0 spiro atoms. The van der Waals surface area contributed by atoms with Gasteiger partial charge in [0, 0.05) is 0 Å². The molecular weight excluding hydrogens is 216 g/mol. The maximum absolute atomic E-state index is 11.4. The van der Waals surface area contributed by atoms with Gasteiger partial charge < -0.3 is 5.32 Å². The Morgan fingerprint density at radius 2 is 2.07 bits per heavy atom. The van der Waals surface area contributed by atoms with Crippen LogP contribution in [0.3, 0.4) is 0 Å². The SMILES string of the molecule is CC(C)N(O)C(=O)Nc1ccccc1Cl. The van der Waals surface area contributed by atoms with Gasteiger partial charge in [-0.25, -0.2) is 9.86 Å². The van der Waals surface area contributed by atoms with Crippen molar-refractivity contribution in [1.29, 1.82) is 0 Å². The Kier molecular flexibility index (Phi) is 3.94. The minimum atomic E-state index is -0.599. The Balaban J connectivity index is 2.71. The van der Waals surface area contributed by atoms with Crippen molar-refractivity contribution < 1.29 is 10.0 Å². The number of hydrogen-bond acceptors (Lipinski definition) is 2. The van der Waals surface area contributed by atoms with Crippen LogP contribution in [0.25, 0.3) is 0 Å². The molecule has 0 bridgehead atoms. The van der Waals surface area contributed by atoms with Gasteiger partial charge in [-0.05, 0) is 26.0 Å². The molecule has 0 atom stereocenters. The quantitative estimate of drug-likeness (QED) is 0.604. The van der Waals surface area contributed by atoms with Gasteiger partial charge in [0.1, 0.15) is 0 Å². The molecule has 15 heavy (non-hydrogen) atoms. The highest BCUT2D eigenvalue weighted by molar-refractivity contribution is 6.33. The highest BCUT2D eigenvalue weighted by Crippen LogP contribution is 2.20. The molecule has 0 radical (unpaired) electrons. The Bertz CT molecular complexity index is 355. The van der Waals surface area contributed by atoms with E-state index in [4.69, 9.17) is 11.6 Å². The first-order chi connectivity index (χ1) is 7.02. The van der Waals surface area contributed by atoms with E-state index in [1.165, 1.54) is 0 Å². The number of nitrogens with one attached hydrogen (secondary N) is 1. The lowest BCUT2D eigenvalue weighted by molar-refractivity contribution is -0.0622. The van der Waals surface area contributed by atoms with E-state index in [-0.39, 0.29) is 6.04 Å². The van der Waals surface area contributed by atoms with Crippen molar-refractivity contribution in [3.63, 3.8) is 0 Å². The van der Waals surface area contributed by atoms with E-state index >= 15 is 0 Å². The lowest BCUT2D eigenvalue weighted by Gasteiger charge is -2.19. The molecule has 1 aromatic carbocycles. The molecule has 5 heteroatoms. The number of para-hydroxylation sites is 1. The first-order valence-corrected chi connectivity index (χ1v) is 4.93. The highest BCUT2D eigenvalue weighted by atomic mass is 35.5. The molecule has 82 valence electrons. The fraction of sp³-hybridized carbons (Fsp3) is 0.300. The van der Waals surface area contributed by atoms with E-state index in [0.717, 1.165) is 0 Å². The molecule has 0 heterocycles. The molecule has 4 nitrogen and oxygen atoms in total. The molecule has 1 rings (SSSR count). The average Bonchev–Trinajstić information content (AvgIpc) is 2.20. The van der Waals surface area contributed by atoms with Gasteiger partial charge in [-0.3, -0.25) is 5.21 Å². The number of nitrogens with zero attached hydrogens (tertiary/aromatic N) is 1. The second-order valence-electron chi connectivity index (χ2n) is 3.35. The third kappa shape index (κ3) is 3.11. The number of carbonyl (C=O) groups excluding carboxylic acids is 1. The summed E-state index contributed by atoms with van der Waals surface area (Å²) in [5.74, 6) is 0. The number of anilines is 1. The lowest BCUT2D eigenvalue weighted by Crippen LogP contribution is -2.37. The fourth-order valence-electron chi connectivity index (χ4n) is 0.970. The van der Waals surface area contributed by atoms with Crippen LogP contribution in [0.5, 0.6) is 0 Å². The summed E-state index contributed by atoms with van der Waals surface area (Å²) in [6.07, 6.45) is 0. The van der Waals surface area contributed by atoms with Crippen LogP contribution < -0.4 is 5.32 Å². The number of benzene rings is 1.